The maximum absolute atomic E-state index is 12.1. The van der Waals surface area contributed by atoms with Crippen LogP contribution in [0.1, 0.15) is 22.0 Å². The number of pyridine rings is 1. The van der Waals surface area contributed by atoms with E-state index in [1.165, 1.54) is 18.5 Å². The van der Waals surface area contributed by atoms with Crippen molar-refractivity contribution in [2.24, 2.45) is 5.73 Å². The number of nitrogens with two attached hydrogens (primary N) is 1. The Morgan fingerprint density at radius 1 is 1.32 bits per heavy atom. The minimum absolute atomic E-state index is 0.149. The van der Waals surface area contributed by atoms with Crippen molar-refractivity contribution < 1.29 is 9.90 Å². The number of hydrogen-bond donors (Lipinski definition) is 3. The van der Waals surface area contributed by atoms with Crippen LogP contribution in [0.25, 0.3) is 0 Å². The molecule has 19 heavy (non-hydrogen) atoms. The highest BCUT2D eigenvalue weighted by Gasteiger charge is 2.16. The summed E-state index contributed by atoms with van der Waals surface area (Å²) >= 11 is 0. The number of carbonyl (C=O) groups excluding carboxylic acids is 1. The highest BCUT2D eigenvalue weighted by molar-refractivity contribution is 5.96. The molecule has 0 saturated carbocycles. The van der Waals surface area contributed by atoms with Crippen molar-refractivity contribution in [2.75, 3.05) is 6.54 Å². The number of carbonyl (C=O) groups is 1. The largest absolute Gasteiger partial charge is 0.505 e. The van der Waals surface area contributed by atoms with E-state index in [0.717, 1.165) is 5.56 Å². The lowest BCUT2D eigenvalue weighted by molar-refractivity contribution is 0.0935. The molecule has 1 heterocycles. The van der Waals surface area contributed by atoms with Gasteiger partial charge in [-0.3, -0.25) is 9.78 Å². The third-order valence-electron chi connectivity index (χ3n) is 2.79. The summed E-state index contributed by atoms with van der Waals surface area (Å²) in [7, 11) is 0. The van der Waals surface area contributed by atoms with Crippen LogP contribution in [0.4, 0.5) is 0 Å². The van der Waals surface area contributed by atoms with Gasteiger partial charge >= 0.3 is 0 Å². The van der Waals surface area contributed by atoms with Gasteiger partial charge in [0.05, 0.1) is 17.8 Å². The Balaban J connectivity index is 2.16. The van der Waals surface area contributed by atoms with E-state index < -0.39 is 0 Å². The predicted octanol–water partition coefficient (Wildman–Crippen LogP) is 1.22. The van der Waals surface area contributed by atoms with Crippen LogP contribution in [0.3, 0.4) is 0 Å². The van der Waals surface area contributed by atoms with E-state index in [9.17, 15) is 9.90 Å². The predicted molar refractivity (Wildman–Crippen MR) is 71.6 cm³/mol. The second-order valence-electron chi connectivity index (χ2n) is 4.07. The van der Waals surface area contributed by atoms with E-state index >= 15 is 0 Å². The Hall–Kier alpha value is -2.40. The molecule has 0 aliphatic rings. The van der Waals surface area contributed by atoms with Gasteiger partial charge in [0.15, 0.2) is 0 Å². The van der Waals surface area contributed by atoms with Gasteiger partial charge < -0.3 is 16.2 Å². The van der Waals surface area contributed by atoms with Crippen molar-refractivity contribution in [3.63, 3.8) is 0 Å². The standard InChI is InChI=1S/C14H15N3O2/c15-8-12(10-4-2-1-3-5-10)17-14(19)11-6-7-16-9-13(11)18/h1-7,9,12,18H,8,15H2,(H,17,19). The van der Waals surface area contributed by atoms with Crippen molar-refractivity contribution in [2.45, 2.75) is 6.04 Å². The van der Waals surface area contributed by atoms with Gasteiger partial charge in [-0.2, -0.15) is 0 Å². The third-order valence-corrected chi connectivity index (χ3v) is 2.79. The van der Waals surface area contributed by atoms with E-state index in [0.29, 0.717) is 0 Å². The topological polar surface area (TPSA) is 88.2 Å². The lowest BCUT2D eigenvalue weighted by Crippen LogP contribution is -2.33. The summed E-state index contributed by atoms with van der Waals surface area (Å²) in [5.74, 6) is -0.525. The molecule has 0 bridgehead atoms. The second kappa shape index (κ2) is 5.97. The van der Waals surface area contributed by atoms with Crippen LogP contribution >= 0.6 is 0 Å². The molecule has 4 N–H and O–H groups in total. The lowest BCUT2D eigenvalue weighted by atomic mass is 10.1. The van der Waals surface area contributed by atoms with E-state index in [-0.39, 0.29) is 29.8 Å². The van der Waals surface area contributed by atoms with Crippen LogP contribution < -0.4 is 11.1 Å². The molecule has 5 nitrogen and oxygen atoms in total. The molecule has 1 aromatic heterocycles. The summed E-state index contributed by atoms with van der Waals surface area (Å²) in [6, 6.07) is 10.6. The number of amides is 1. The first-order chi connectivity index (χ1) is 9.22. The fourth-order valence-electron chi connectivity index (χ4n) is 1.78. The highest BCUT2D eigenvalue weighted by atomic mass is 16.3. The molecule has 1 amide bonds. The van der Waals surface area contributed by atoms with Crippen molar-refractivity contribution in [3.8, 4) is 5.75 Å². The molecule has 5 heteroatoms. The molecule has 0 radical (unpaired) electrons. The van der Waals surface area contributed by atoms with E-state index in [2.05, 4.69) is 10.3 Å². The van der Waals surface area contributed by atoms with Gasteiger partial charge in [-0.05, 0) is 11.6 Å². The van der Waals surface area contributed by atoms with Gasteiger partial charge in [0.1, 0.15) is 5.75 Å². The zero-order valence-electron chi connectivity index (χ0n) is 10.3. The van der Waals surface area contributed by atoms with Gasteiger partial charge in [-0.25, -0.2) is 0 Å². The number of nitrogens with zero attached hydrogens (tertiary/aromatic N) is 1. The zero-order valence-corrected chi connectivity index (χ0v) is 10.3. The lowest BCUT2D eigenvalue weighted by Gasteiger charge is -2.17. The molecule has 0 aliphatic heterocycles. The Bertz CT molecular complexity index is 558. The number of hydrogen-bond acceptors (Lipinski definition) is 4. The van der Waals surface area contributed by atoms with E-state index in [4.69, 9.17) is 5.73 Å². The van der Waals surface area contributed by atoms with Crippen LogP contribution in [0.5, 0.6) is 5.75 Å². The molecule has 0 saturated heterocycles. The summed E-state index contributed by atoms with van der Waals surface area (Å²) in [4.78, 5) is 15.8. The molecular formula is C14H15N3O2. The Morgan fingerprint density at radius 2 is 2.05 bits per heavy atom. The van der Waals surface area contributed by atoms with E-state index in [1.54, 1.807) is 0 Å². The minimum atomic E-state index is -0.376. The van der Waals surface area contributed by atoms with Crippen LogP contribution in [-0.2, 0) is 0 Å². The fraction of sp³-hybridized carbons (Fsp3) is 0.143. The second-order valence-corrected chi connectivity index (χ2v) is 4.07. The van der Waals surface area contributed by atoms with Crippen molar-refractivity contribution >= 4 is 5.91 Å². The first kappa shape index (κ1) is 13.0. The number of nitrogens with one attached hydrogen (secondary N) is 1. The molecule has 1 aromatic carbocycles. The summed E-state index contributed by atoms with van der Waals surface area (Å²) in [6.07, 6.45) is 2.68. The molecule has 0 fully saturated rings. The molecule has 0 aliphatic carbocycles. The van der Waals surface area contributed by atoms with Gasteiger partial charge in [0.2, 0.25) is 0 Å². The monoisotopic (exact) mass is 257 g/mol. The van der Waals surface area contributed by atoms with Crippen LogP contribution in [0.2, 0.25) is 0 Å². The zero-order chi connectivity index (χ0) is 13.7. The van der Waals surface area contributed by atoms with Crippen LogP contribution in [0.15, 0.2) is 48.8 Å². The van der Waals surface area contributed by atoms with Crippen molar-refractivity contribution in [1.29, 1.82) is 0 Å². The van der Waals surface area contributed by atoms with Crippen molar-refractivity contribution in [3.05, 3.63) is 59.9 Å². The summed E-state index contributed by atoms with van der Waals surface area (Å²) in [5, 5.41) is 12.4. The molecule has 1 unspecified atom stereocenters. The Labute approximate surface area is 111 Å². The van der Waals surface area contributed by atoms with E-state index in [1.807, 2.05) is 30.3 Å². The quantitative estimate of drug-likeness (QED) is 0.768. The summed E-state index contributed by atoms with van der Waals surface area (Å²) < 4.78 is 0. The van der Waals surface area contributed by atoms with Crippen LogP contribution in [-0.4, -0.2) is 22.5 Å². The van der Waals surface area contributed by atoms with Gasteiger partial charge in [-0.1, -0.05) is 30.3 Å². The maximum Gasteiger partial charge on any atom is 0.255 e. The molecule has 1 atom stereocenters. The molecular weight excluding hydrogens is 242 g/mol. The molecule has 2 rings (SSSR count). The van der Waals surface area contributed by atoms with Crippen molar-refractivity contribution in [1.82, 2.24) is 10.3 Å². The van der Waals surface area contributed by atoms with Gasteiger partial charge in [-0.15, -0.1) is 0 Å². The Kier molecular flexibility index (Phi) is 4.10. The Morgan fingerprint density at radius 3 is 2.68 bits per heavy atom. The fourth-order valence-corrected chi connectivity index (χ4v) is 1.78. The maximum atomic E-state index is 12.1. The normalized spacial score (nSPS) is 11.8. The number of aromatic nitrogens is 1. The smallest absolute Gasteiger partial charge is 0.255 e. The highest BCUT2D eigenvalue weighted by Crippen LogP contribution is 2.16. The first-order valence-electron chi connectivity index (χ1n) is 5.91. The first-order valence-corrected chi connectivity index (χ1v) is 5.91. The third kappa shape index (κ3) is 3.08. The number of benzene rings is 1. The molecule has 2 aromatic rings. The molecule has 0 spiro atoms. The summed E-state index contributed by atoms with van der Waals surface area (Å²) in [5.41, 5.74) is 6.79. The molecule has 98 valence electrons. The SMILES string of the molecule is NCC(NC(=O)c1ccncc1O)c1ccccc1. The number of rotatable bonds is 4. The van der Waals surface area contributed by atoms with Crippen LogP contribution in [0, 0.1) is 0 Å². The minimum Gasteiger partial charge on any atom is -0.505 e. The number of aromatic hydroxyl groups is 1. The van der Waals surface area contributed by atoms with Gasteiger partial charge in [0.25, 0.3) is 5.91 Å². The van der Waals surface area contributed by atoms with Gasteiger partial charge in [0, 0.05) is 12.7 Å². The average molecular weight is 257 g/mol. The summed E-state index contributed by atoms with van der Waals surface area (Å²) in [6.45, 7) is 0.279. The average Bonchev–Trinajstić information content (AvgIpc) is 2.46.